The lowest BCUT2D eigenvalue weighted by atomic mass is 10.1. The van der Waals surface area contributed by atoms with Gasteiger partial charge >= 0.3 is 5.97 Å². The number of nitrogens with zero attached hydrogens (tertiary/aromatic N) is 1. The van der Waals surface area contributed by atoms with E-state index in [1.807, 2.05) is 35.7 Å². The summed E-state index contributed by atoms with van der Waals surface area (Å²) < 4.78 is 5.34. The molecule has 4 aromatic rings. The van der Waals surface area contributed by atoms with Crippen molar-refractivity contribution < 1.29 is 19.1 Å². The fraction of sp³-hybridized carbons (Fsp3) is 0.154. The van der Waals surface area contributed by atoms with Crippen molar-refractivity contribution in [3.63, 3.8) is 0 Å². The minimum Gasteiger partial charge on any atom is -0.452 e. The van der Waals surface area contributed by atoms with Crippen LogP contribution in [0.25, 0.3) is 21.5 Å². The number of hydrogen-bond donors (Lipinski definition) is 2. The van der Waals surface area contributed by atoms with Crippen LogP contribution < -0.4 is 10.6 Å². The van der Waals surface area contributed by atoms with Crippen LogP contribution in [-0.2, 0) is 9.53 Å². The van der Waals surface area contributed by atoms with Gasteiger partial charge in [0, 0.05) is 11.4 Å². The molecule has 34 heavy (non-hydrogen) atoms. The molecule has 0 aliphatic heterocycles. The third kappa shape index (κ3) is 4.82. The summed E-state index contributed by atoms with van der Waals surface area (Å²) in [4.78, 5) is 43.5. The van der Waals surface area contributed by atoms with Crippen LogP contribution in [-0.4, -0.2) is 35.4 Å². The zero-order valence-corrected chi connectivity index (χ0v) is 18.9. The molecule has 1 saturated carbocycles. The van der Waals surface area contributed by atoms with Gasteiger partial charge < -0.3 is 15.4 Å². The Balaban J connectivity index is 1.30. The van der Waals surface area contributed by atoms with Gasteiger partial charge in [-0.05, 0) is 48.6 Å². The zero-order chi connectivity index (χ0) is 23.5. The number of pyridine rings is 1. The van der Waals surface area contributed by atoms with Crippen LogP contribution in [0, 0.1) is 0 Å². The summed E-state index contributed by atoms with van der Waals surface area (Å²) in [5.74, 6) is -1.39. The molecular formula is C26H21N3O4S. The van der Waals surface area contributed by atoms with E-state index in [1.54, 1.807) is 36.4 Å². The summed E-state index contributed by atoms with van der Waals surface area (Å²) in [5.41, 5.74) is 2.41. The number of amides is 2. The first-order valence-corrected chi connectivity index (χ1v) is 11.8. The van der Waals surface area contributed by atoms with Gasteiger partial charge in [0.05, 0.1) is 32.9 Å². The summed E-state index contributed by atoms with van der Waals surface area (Å²) in [6, 6.07) is 19.8. The Morgan fingerprint density at radius 2 is 1.76 bits per heavy atom. The quantitative estimate of drug-likeness (QED) is 0.383. The van der Waals surface area contributed by atoms with Crippen LogP contribution in [0.1, 0.15) is 33.6 Å². The van der Waals surface area contributed by atoms with Crippen LogP contribution in [0.3, 0.4) is 0 Å². The van der Waals surface area contributed by atoms with E-state index in [2.05, 4.69) is 15.6 Å². The zero-order valence-electron chi connectivity index (χ0n) is 18.1. The number of fused-ring (bicyclic) bond motifs is 1. The second kappa shape index (κ2) is 9.44. The predicted molar refractivity (Wildman–Crippen MR) is 131 cm³/mol. The number of hydrogen-bond acceptors (Lipinski definition) is 6. The van der Waals surface area contributed by atoms with E-state index in [9.17, 15) is 14.4 Å². The Morgan fingerprint density at radius 3 is 2.56 bits per heavy atom. The van der Waals surface area contributed by atoms with Crippen LogP contribution in [0.4, 0.5) is 5.69 Å². The number of ether oxygens (including phenoxy) is 1. The number of carbonyl (C=O) groups excluding carboxylic acids is 3. The fourth-order valence-electron chi connectivity index (χ4n) is 3.57. The molecule has 7 nitrogen and oxygen atoms in total. The number of nitrogens with one attached hydrogen (secondary N) is 2. The lowest BCUT2D eigenvalue weighted by Gasteiger charge is -2.12. The molecule has 0 atom stereocenters. The fourth-order valence-corrected chi connectivity index (χ4v) is 4.26. The molecule has 0 unspecified atom stereocenters. The van der Waals surface area contributed by atoms with Gasteiger partial charge in [-0.15, -0.1) is 11.3 Å². The van der Waals surface area contributed by atoms with E-state index >= 15 is 0 Å². The summed E-state index contributed by atoms with van der Waals surface area (Å²) in [7, 11) is 0. The van der Waals surface area contributed by atoms with Crippen LogP contribution in [0.15, 0.2) is 72.1 Å². The van der Waals surface area contributed by atoms with E-state index in [4.69, 9.17) is 4.74 Å². The van der Waals surface area contributed by atoms with Crippen molar-refractivity contribution in [2.75, 3.05) is 11.9 Å². The van der Waals surface area contributed by atoms with Crippen molar-refractivity contribution in [1.82, 2.24) is 10.3 Å². The Morgan fingerprint density at radius 1 is 0.971 bits per heavy atom. The van der Waals surface area contributed by atoms with E-state index in [-0.39, 0.29) is 11.9 Å². The highest BCUT2D eigenvalue weighted by molar-refractivity contribution is 7.13. The summed E-state index contributed by atoms with van der Waals surface area (Å²) >= 11 is 1.52. The van der Waals surface area contributed by atoms with Gasteiger partial charge in [0.15, 0.2) is 6.61 Å². The average molecular weight is 472 g/mol. The summed E-state index contributed by atoms with van der Waals surface area (Å²) in [6.45, 7) is -0.484. The lowest BCUT2D eigenvalue weighted by Crippen LogP contribution is -2.28. The molecular weight excluding hydrogens is 450 g/mol. The highest BCUT2D eigenvalue weighted by atomic mass is 32.1. The Kier molecular flexibility index (Phi) is 6.05. The smallest absolute Gasteiger partial charge is 0.339 e. The monoisotopic (exact) mass is 471 g/mol. The molecule has 8 heteroatoms. The van der Waals surface area contributed by atoms with Gasteiger partial charge in [0.2, 0.25) is 0 Å². The van der Waals surface area contributed by atoms with E-state index < -0.39 is 18.5 Å². The predicted octanol–water partition coefficient (Wildman–Crippen LogP) is 4.65. The van der Waals surface area contributed by atoms with Gasteiger partial charge in [0.1, 0.15) is 0 Å². The molecule has 0 spiro atoms. The normalized spacial score (nSPS) is 12.8. The van der Waals surface area contributed by atoms with Crippen molar-refractivity contribution in [2.45, 2.75) is 18.9 Å². The standard InChI is InChI=1S/C26H21N3O4S/c30-24(29-21-9-4-2-7-18(21)25(31)27-16-11-12-16)15-33-26(32)19-14-22(23-10-5-13-34-23)28-20-8-3-1-6-17(19)20/h1-10,13-14,16H,11-12,15H2,(H,27,31)(H,29,30). The number of benzene rings is 2. The summed E-state index contributed by atoms with van der Waals surface area (Å²) in [5, 5.41) is 8.17. The Labute approximate surface area is 199 Å². The van der Waals surface area contributed by atoms with Crippen LogP contribution in [0.5, 0.6) is 0 Å². The van der Waals surface area contributed by atoms with Crippen molar-refractivity contribution in [3.8, 4) is 10.6 Å². The highest BCUT2D eigenvalue weighted by Crippen LogP contribution is 2.28. The minimum atomic E-state index is -0.619. The topological polar surface area (TPSA) is 97.4 Å². The van der Waals surface area contributed by atoms with Crippen molar-refractivity contribution in [1.29, 1.82) is 0 Å². The summed E-state index contributed by atoms with van der Waals surface area (Å²) in [6.07, 6.45) is 1.93. The molecule has 2 amide bonds. The Bertz CT molecular complexity index is 1380. The maximum Gasteiger partial charge on any atom is 0.339 e. The van der Waals surface area contributed by atoms with Crippen molar-refractivity contribution in [2.24, 2.45) is 0 Å². The maximum absolute atomic E-state index is 13.0. The lowest BCUT2D eigenvalue weighted by molar-refractivity contribution is -0.119. The largest absolute Gasteiger partial charge is 0.452 e. The third-order valence-electron chi connectivity index (χ3n) is 5.40. The molecule has 5 rings (SSSR count). The second-order valence-electron chi connectivity index (χ2n) is 7.97. The molecule has 0 bridgehead atoms. The molecule has 170 valence electrons. The second-order valence-corrected chi connectivity index (χ2v) is 8.91. The van der Waals surface area contributed by atoms with Gasteiger partial charge in [-0.25, -0.2) is 9.78 Å². The first-order chi connectivity index (χ1) is 16.6. The molecule has 2 N–H and O–H groups in total. The van der Waals surface area contributed by atoms with Crippen molar-refractivity contribution >= 4 is 45.7 Å². The first-order valence-electron chi connectivity index (χ1n) is 10.9. The highest BCUT2D eigenvalue weighted by Gasteiger charge is 2.25. The Hall–Kier alpha value is -4.04. The van der Waals surface area contributed by atoms with Crippen LogP contribution >= 0.6 is 11.3 Å². The van der Waals surface area contributed by atoms with Crippen molar-refractivity contribution in [3.05, 3.63) is 83.2 Å². The third-order valence-corrected chi connectivity index (χ3v) is 6.29. The molecule has 2 aromatic carbocycles. The number of rotatable bonds is 7. The number of para-hydroxylation sites is 2. The molecule has 1 fully saturated rings. The van der Waals surface area contributed by atoms with Gasteiger partial charge in [-0.3, -0.25) is 9.59 Å². The van der Waals surface area contributed by atoms with Gasteiger partial charge in [-0.1, -0.05) is 36.4 Å². The maximum atomic E-state index is 13.0. The molecule has 2 aromatic heterocycles. The van der Waals surface area contributed by atoms with E-state index in [0.717, 1.165) is 17.7 Å². The first kappa shape index (κ1) is 21.8. The van der Waals surface area contributed by atoms with Crippen LogP contribution in [0.2, 0.25) is 0 Å². The molecule has 0 radical (unpaired) electrons. The number of anilines is 1. The average Bonchev–Trinajstić information content (AvgIpc) is 3.49. The molecule has 0 saturated heterocycles. The van der Waals surface area contributed by atoms with E-state index in [0.29, 0.717) is 33.4 Å². The SMILES string of the molecule is O=C(COC(=O)c1cc(-c2cccs2)nc2ccccc12)Nc1ccccc1C(=O)NC1CC1. The number of carbonyl (C=O) groups is 3. The number of thiophene rings is 1. The molecule has 1 aliphatic carbocycles. The van der Waals surface area contributed by atoms with E-state index in [1.165, 1.54) is 11.3 Å². The molecule has 1 aliphatic rings. The number of esters is 1. The van der Waals surface area contributed by atoms with Gasteiger partial charge in [-0.2, -0.15) is 0 Å². The van der Waals surface area contributed by atoms with Gasteiger partial charge in [0.25, 0.3) is 11.8 Å². The number of aromatic nitrogens is 1. The minimum absolute atomic E-state index is 0.200. The molecule has 2 heterocycles.